The van der Waals surface area contributed by atoms with Crippen molar-refractivity contribution < 1.29 is 40.6 Å². The molecule has 4 atom stereocenters. The smallest absolute Gasteiger partial charge is 0.471 e. The molecular formula is C36H35F6N7O3. The van der Waals surface area contributed by atoms with Crippen LogP contribution in [0.3, 0.4) is 0 Å². The number of carbonyl (C=O) groups is 1. The zero-order valence-electron chi connectivity index (χ0n) is 28.5. The van der Waals surface area contributed by atoms with Crippen LogP contribution in [0.1, 0.15) is 38.7 Å². The monoisotopic (exact) mass is 727 g/mol. The van der Waals surface area contributed by atoms with Gasteiger partial charge in [-0.3, -0.25) is 9.69 Å². The lowest BCUT2D eigenvalue weighted by atomic mass is 9.95. The highest BCUT2D eigenvalue weighted by Crippen LogP contribution is 2.44. The minimum Gasteiger partial charge on any atom is -0.474 e. The zero-order valence-corrected chi connectivity index (χ0v) is 28.5. The van der Waals surface area contributed by atoms with Crippen LogP contribution in [-0.2, 0) is 4.79 Å². The number of alkyl halides is 4. The van der Waals surface area contributed by atoms with E-state index >= 15 is 8.78 Å². The van der Waals surface area contributed by atoms with E-state index < -0.39 is 48.1 Å². The molecule has 3 aliphatic heterocycles. The van der Waals surface area contributed by atoms with Crippen LogP contribution in [0.2, 0.25) is 0 Å². The van der Waals surface area contributed by atoms with Crippen LogP contribution in [0.5, 0.6) is 11.9 Å². The highest BCUT2D eigenvalue weighted by Gasteiger charge is 2.52. The number of anilines is 2. The van der Waals surface area contributed by atoms with Crippen LogP contribution in [0.4, 0.5) is 37.8 Å². The Morgan fingerprint density at radius 1 is 1.08 bits per heavy atom. The first-order valence-corrected chi connectivity index (χ1v) is 16.8. The van der Waals surface area contributed by atoms with E-state index in [9.17, 15) is 22.4 Å². The lowest BCUT2D eigenvalue weighted by molar-refractivity contribution is -0.188. The van der Waals surface area contributed by atoms with Gasteiger partial charge in [-0.25, -0.2) is 18.2 Å². The number of nitrogen functional groups attached to an aromatic ring is 1. The van der Waals surface area contributed by atoms with Gasteiger partial charge in [-0.15, -0.1) is 6.42 Å². The molecule has 2 bridgehead atoms. The lowest BCUT2D eigenvalue weighted by Gasteiger charge is -2.42. The van der Waals surface area contributed by atoms with E-state index in [1.54, 1.807) is 36.8 Å². The molecule has 5 heterocycles. The molecule has 4 aromatic rings. The summed E-state index contributed by atoms with van der Waals surface area (Å²) in [5, 5.41) is 0.615. The first-order chi connectivity index (χ1) is 24.6. The Morgan fingerprint density at radius 3 is 2.40 bits per heavy atom. The molecule has 0 aliphatic carbocycles. The minimum absolute atomic E-state index is 0.00988. The van der Waals surface area contributed by atoms with Crippen LogP contribution in [0, 0.1) is 24.0 Å². The zero-order chi connectivity index (χ0) is 37.2. The van der Waals surface area contributed by atoms with Crippen molar-refractivity contribution in [2.45, 2.75) is 69.7 Å². The second-order valence-corrected chi connectivity index (χ2v) is 13.8. The van der Waals surface area contributed by atoms with E-state index in [1.807, 2.05) is 0 Å². The summed E-state index contributed by atoms with van der Waals surface area (Å²) in [4.78, 5) is 30.4. The van der Waals surface area contributed by atoms with E-state index in [0.29, 0.717) is 18.2 Å². The Morgan fingerprint density at radius 2 is 1.79 bits per heavy atom. The van der Waals surface area contributed by atoms with Gasteiger partial charge in [0.1, 0.15) is 41.0 Å². The van der Waals surface area contributed by atoms with E-state index in [0.717, 1.165) is 4.90 Å². The van der Waals surface area contributed by atoms with Gasteiger partial charge in [-0.05, 0) is 63.7 Å². The first kappa shape index (κ1) is 35.4. The maximum absolute atomic E-state index is 17.2. The fourth-order valence-electron chi connectivity index (χ4n) is 7.61. The second-order valence-electron chi connectivity index (χ2n) is 13.8. The van der Waals surface area contributed by atoms with Crippen molar-refractivity contribution in [3.63, 3.8) is 0 Å². The normalized spacial score (nSPS) is 22.1. The van der Waals surface area contributed by atoms with Crippen LogP contribution < -0.4 is 20.1 Å². The number of likely N-dealkylation sites (N-methyl/N-ethyl adjacent to an activating group) is 1. The number of pyridine rings is 1. The number of rotatable bonds is 7. The largest absolute Gasteiger partial charge is 0.474 e. The highest BCUT2D eigenvalue weighted by molar-refractivity contribution is 6.04. The van der Waals surface area contributed by atoms with Crippen LogP contribution in [0.15, 0.2) is 24.3 Å². The number of piperazine rings is 1. The van der Waals surface area contributed by atoms with Crippen molar-refractivity contribution in [1.29, 1.82) is 0 Å². The van der Waals surface area contributed by atoms with E-state index in [1.165, 1.54) is 18.2 Å². The molecule has 7 rings (SSSR count). The first-order valence-electron chi connectivity index (χ1n) is 16.8. The molecule has 2 N–H and O–H groups in total. The van der Waals surface area contributed by atoms with E-state index in [2.05, 4.69) is 20.9 Å². The summed E-state index contributed by atoms with van der Waals surface area (Å²) in [7, 11) is 1.74. The van der Waals surface area contributed by atoms with Gasteiger partial charge in [0, 0.05) is 42.3 Å². The maximum atomic E-state index is 17.2. The molecule has 3 fully saturated rings. The van der Waals surface area contributed by atoms with Crippen molar-refractivity contribution in [2.24, 2.45) is 0 Å². The number of likely N-dealkylation sites (tertiary alicyclic amines) is 1. The summed E-state index contributed by atoms with van der Waals surface area (Å²) in [6.45, 7) is 3.47. The third-order valence-electron chi connectivity index (χ3n) is 9.85. The maximum Gasteiger partial charge on any atom is 0.471 e. The van der Waals surface area contributed by atoms with Gasteiger partial charge in [0.25, 0.3) is 0 Å². The fraction of sp³-hybridized carbons (Fsp3) is 0.444. The summed E-state index contributed by atoms with van der Waals surface area (Å²) in [6, 6.07) is 3.39. The van der Waals surface area contributed by atoms with E-state index in [-0.39, 0.29) is 95.2 Å². The molecule has 0 radical (unpaired) electrons. The van der Waals surface area contributed by atoms with Gasteiger partial charge < -0.3 is 25.0 Å². The number of aromatic nitrogens is 3. The van der Waals surface area contributed by atoms with Crippen LogP contribution in [-0.4, -0.2) is 101 Å². The number of terminal acetylenes is 1. The standard InChI is InChI=1S/C36H35F6N7O3/c1-5-24-26(38)9-6-18-10-20(43)12-25(27(18)24)30-29(39)31-28(33(44-30)52-17(2)3)32(46-35(45-31)51-16-23-11-19(37)13-47(23)4)48-14-21-7-8-22(15-48)49(21)34(50)36(40,41)42/h1,6,9-10,12,17,19,21-23H,7-8,11,13-16,43H2,2-4H3/t19-,21?,22?,23-/m0/s1. The predicted octanol–water partition coefficient (Wildman–Crippen LogP) is 5.64. The summed E-state index contributed by atoms with van der Waals surface area (Å²) >= 11 is 0. The van der Waals surface area contributed by atoms with Crippen molar-refractivity contribution in [3.05, 3.63) is 41.5 Å². The van der Waals surface area contributed by atoms with Gasteiger partial charge >= 0.3 is 18.1 Å². The molecule has 3 aliphatic rings. The number of ether oxygens (including phenoxy) is 2. The lowest BCUT2D eigenvalue weighted by Crippen LogP contribution is -2.59. The molecule has 3 saturated heterocycles. The molecule has 0 saturated carbocycles. The Hall–Kier alpha value is -5.04. The van der Waals surface area contributed by atoms with Crippen molar-refractivity contribution >= 4 is 39.1 Å². The Labute approximate surface area is 294 Å². The topological polar surface area (TPSA) is 110 Å². The average molecular weight is 728 g/mol. The molecule has 2 unspecified atom stereocenters. The number of amides is 1. The summed E-state index contributed by atoms with van der Waals surface area (Å²) < 4.78 is 99.3. The Bertz CT molecular complexity index is 2110. The highest BCUT2D eigenvalue weighted by atomic mass is 19.4. The molecule has 10 nitrogen and oxygen atoms in total. The number of halogens is 6. The van der Waals surface area contributed by atoms with Crippen LogP contribution in [0.25, 0.3) is 32.9 Å². The average Bonchev–Trinajstić information content (AvgIpc) is 3.54. The van der Waals surface area contributed by atoms with Crippen molar-refractivity contribution in [2.75, 3.05) is 43.9 Å². The quantitative estimate of drug-likeness (QED) is 0.147. The van der Waals surface area contributed by atoms with Gasteiger partial charge in [0.05, 0.1) is 23.8 Å². The van der Waals surface area contributed by atoms with E-state index in [4.69, 9.17) is 21.6 Å². The summed E-state index contributed by atoms with van der Waals surface area (Å²) in [5.41, 5.74) is 5.75. The SMILES string of the molecule is C#Cc1c(F)ccc2cc(N)cc(-c3nc(OC(C)C)c4c(N5CC6CCC(C5)N6C(=O)C(F)(F)F)nc(OC[C@@H]5C[C@H](F)CN5C)nc4c3F)c12. The molecule has 274 valence electrons. The number of nitrogens with zero attached hydrogens (tertiary/aromatic N) is 6. The summed E-state index contributed by atoms with van der Waals surface area (Å²) in [5.74, 6) is -1.32. The van der Waals surface area contributed by atoms with Gasteiger partial charge in [0.2, 0.25) is 5.88 Å². The molecule has 16 heteroatoms. The van der Waals surface area contributed by atoms with Gasteiger partial charge in [-0.1, -0.05) is 12.0 Å². The van der Waals surface area contributed by atoms with Crippen molar-refractivity contribution in [3.8, 4) is 35.5 Å². The number of benzene rings is 2. The van der Waals surface area contributed by atoms with Crippen molar-refractivity contribution in [1.82, 2.24) is 24.8 Å². The molecule has 2 aromatic heterocycles. The minimum atomic E-state index is -5.05. The molecule has 0 spiro atoms. The number of hydrogen-bond donors (Lipinski definition) is 1. The predicted molar refractivity (Wildman–Crippen MR) is 182 cm³/mol. The van der Waals surface area contributed by atoms with Gasteiger partial charge in [0.15, 0.2) is 5.82 Å². The second kappa shape index (κ2) is 13.2. The molecule has 52 heavy (non-hydrogen) atoms. The number of hydrogen-bond acceptors (Lipinski definition) is 9. The number of carbonyl (C=O) groups excluding carboxylic acids is 1. The Balaban J connectivity index is 1.43. The fourth-order valence-corrected chi connectivity index (χ4v) is 7.61. The molecular weight excluding hydrogens is 692 g/mol. The number of nitrogens with two attached hydrogens (primary N) is 1. The Kier molecular flexibility index (Phi) is 8.96. The van der Waals surface area contributed by atoms with Crippen LogP contribution >= 0.6 is 0 Å². The molecule has 1 amide bonds. The molecule has 2 aromatic carbocycles. The summed E-state index contributed by atoms with van der Waals surface area (Å²) in [6.07, 6.45) is -0.0869. The third kappa shape index (κ3) is 6.24. The number of fused-ring (bicyclic) bond motifs is 4. The van der Waals surface area contributed by atoms with Gasteiger partial charge in [-0.2, -0.15) is 23.1 Å². The third-order valence-corrected chi connectivity index (χ3v) is 9.85.